The number of aliphatic hydroxyl groups is 4. The van der Waals surface area contributed by atoms with Gasteiger partial charge in [0.25, 0.3) is 0 Å². The summed E-state index contributed by atoms with van der Waals surface area (Å²) in [6, 6.07) is 16.6. The number of carboxylic acids is 1. The minimum atomic E-state index is -1.86. The number of benzene rings is 3. The molecule has 43 heavy (non-hydrogen) atoms. The van der Waals surface area contributed by atoms with E-state index < -0.39 is 55.0 Å². The second kappa shape index (κ2) is 11.5. The first kappa shape index (κ1) is 29.0. The van der Waals surface area contributed by atoms with Crippen LogP contribution in [-0.4, -0.2) is 82.7 Å². The van der Waals surface area contributed by atoms with E-state index in [0.29, 0.717) is 46.8 Å². The summed E-state index contributed by atoms with van der Waals surface area (Å²) < 4.78 is 34.7. The van der Waals surface area contributed by atoms with E-state index in [1.54, 1.807) is 12.1 Å². The minimum Gasteiger partial charge on any atom is -0.493 e. The van der Waals surface area contributed by atoms with Crippen LogP contribution in [0.3, 0.4) is 0 Å². The molecule has 3 aliphatic rings. The first-order valence-corrected chi connectivity index (χ1v) is 13.8. The van der Waals surface area contributed by atoms with Crippen molar-refractivity contribution in [1.82, 2.24) is 0 Å². The molecule has 12 nitrogen and oxygen atoms in total. The number of carbonyl (C=O) groups is 1. The van der Waals surface area contributed by atoms with Crippen LogP contribution in [0.1, 0.15) is 34.3 Å². The van der Waals surface area contributed by atoms with Crippen molar-refractivity contribution in [2.45, 2.75) is 61.9 Å². The molecular weight excluding hydrogens is 564 g/mol. The topological polar surface area (TPSA) is 174 Å². The van der Waals surface area contributed by atoms with Crippen molar-refractivity contribution in [1.29, 1.82) is 0 Å². The Hall–Kier alpha value is -4.07. The van der Waals surface area contributed by atoms with Crippen molar-refractivity contribution in [3.63, 3.8) is 0 Å². The first-order valence-electron chi connectivity index (χ1n) is 13.8. The molecule has 0 bridgehead atoms. The number of hydrogen-bond donors (Lipinski definition) is 5. The number of rotatable bonds is 8. The average Bonchev–Trinajstić information content (AvgIpc) is 3.41. The predicted molar refractivity (Wildman–Crippen MR) is 148 cm³/mol. The van der Waals surface area contributed by atoms with E-state index >= 15 is 0 Å². The highest BCUT2D eigenvalue weighted by Gasteiger charge is 2.50. The highest BCUT2D eigenvalue weighted by Crippen LogP contribution is 2.58. The van der Waals surface area contributed by atoms with Crippen molar-refractivity contribution in [2.75, 3.05) is 14.2 Å². The second-order valence-corrected chi connectivity index (χ2v) is 10.6. The van der Waals surface area contributed by atoms with Gasteiger partial charge in [0.1, 0.15) is 35.9 Å². The largest absolute Gasteiger partial charge is 0.493 e. The van der Waals surface area contributed by atoms with Gasteiger partial charge in [-0.1, -0.05) is 36.4 Å². The number of fused-ring (bicyclic) bond motifs is 5. The molecule has 1 fully saturated rings. The molecule has 3 heterocycles. The zero-order chi connectivity index (χ0) is 30.4. The fraction of sp³-hybridized carbons (Fsp3) is 0.387. The van der Waals surface area contributed by atoms with Crippen molar-refractivity contribution in [2.24, 2.45) is 0 Å². The molecule has 0 aliphatic carbocycles. The molecule has 3 aliphatic heterocycles. The number of aliphatic hydroxyl groups excluding tert-OH is 4. The van der Waals surface area contributed by atoms with Gasteiger partial charge in [-0.25, -0.2) is 4.79 Å². The standard InChI is InChI=1S/C31H32O12/c1-38-18-11-10-16-21-25(42-26(16)27(18)39-2)17-12-15(9-8-14-6-4-3-5-7-14)19(13-20(17)40-30(21)37)41-31-24(34)22(32)23(33)28(43-31)29(35)36/h3-7,10-13,21-25,28,30-34,37H,8-9H2,1-2H3,(H,35,36)/t21-,22-,23-,24+,25+,28-,30-,31-/m0/s1. The maximum absolute atomic E-state index is 11.6. The lowest BCUT2D eigenvalue weighted by atomic mass is 9.86. The molecule has 0 unspecified atom stereocenters. The Morgan fingerprint density at radius 2 is 1.60 bits per heavy atom. The van der Waals surface area contributed by atoms with Gasteiger partial charge in [0.2, 0.25) is 18.3 Å². The molecule has 0 amide bonds. The lowest BCUT2D eigenvalue weighted by Crippen LogP contribution is -2.61. The van der Waals surface area contributed by atoms with E-state index in [9.17, 15) is 30.3 Å². The van der Waals surface area contributed by atoms with Crippen molar-refractivity contribution >= 4 is 5.97 Å². The molecule has 3 aromatic rings. The monoisotopic (exact) mass is 596 g/mol. The molecule has 0 radical (unpaired) electrons. The molecule has 228 valence electrons. The lowest BCUT2D eigenvalue weighted by molar-refractivity contribution is -0.271. The van der Waals surface area contributed by atoms with Gasteiger partial charge in [-0.3, -0.25) is 0 Å². The van der Waals surface area contributed by atoms with Crippen LogP contribution in [0, 0.1) is 0 Å². The number of methoxy groups -OCH3 is 2. The van der Waals surface area contributed by atoms with E-state index in [4.69, 9.17) is 28.4 Å². The summed E-state index contributed by atoms with van der Waals surface area (Å²) in [5, 5.41) is 51.6. The second-order valence-electron chi connectivity index (χ2n) is 10.6. The summed E-state index contributed by atoms with van der Waals surface area (Å²) in [6.45, 7) is 0. The fourth-order valence-corrected chi connectivity index (χ4v) is 5.88. The van der Waals surface area contributed by atoms with Crippen molar-refractivity contribution in [3.05, 3.63) is 76.9 Å². The van der Waals surface area contributed by atoms with Crippen LogP contribution in [0.4, 0.5) is 0 Å². The number of hydrogen-bond acceptors (Lipinski definition) is 11. The maximum Gasteiger partial charge on any atom is 0.335 e. The van der Waals surface area contributed by atoms with Gasteiger partial charge >= 0.3 is 5.97 Å². The quantitative estimate of drug-likeness (QED) is 0.255. The predicted octanol–water partition coefficient (Wildman–Crippen LogP) is 1.69. The Morgan fingerprint density at radius 3 is 2.30 bits per heavy atom. The van der Waals surface area contributed by atoms with Gasteiger partial charge in [-0.2, -0.15) is 0 Å². The summed E-state index contributed by atoms with van der Waals surface area (Å²) in [5.74, 6) is -0.384. The number of aliphatic carboxylic acids is 1. The maximum atomic E-state index is 11.6. The van der Waals surface area contributed by atoms with Gasteiger partial charge in [0.05, 0.1) is 20.1 Å². The number of ether oxygens (including phenoxy) is 6. The SMILES string of the molecule is COc1ccc2c(c1OC)O[C@@H]1c3cc(CCc4ccccc4)c(O[C@H]4O[C@H](C(=O)O)[C@@H](O)[C@H](O)[C@H]4O)cc3O[C@H](O)[C@@H]21. The molecule has 1 saturated heterocycles. The molecule has 0 saturated carbocycles. The smallest absolute Gasteiger partial charge is 0.335 e. The van der Waals surface area contributed by atoms with Gasteiger partial charge < -0.3 is 54.0 Å². The highest BCUT2D eigenvalue weighted by atomic mass is 16.7. The molecule has 5 N–H and O–H groups in total. The average molecular weight is 597 g/mol. The van der Waals surface area contributed by atoms with Gasteiger partial charge in [-0.05, 0) is 36.1 Å². The van der Waals surface area contributed by atoms with E-state index in [2.05, 4.69) is 0 Å². The Labute approximate surface area is 246 Å². The van der Waals surface area contributed by atoms with Crippen LogP contribution < -0.4 is 23.7 Å². The molecular formula is C31H32O12. The Kier molecular flexibility index (Phi) is 7.79. The molecule has 12 heteroatoms. The van der Waals surface area contributed by atoms with Gasteiger partial charge in [0.15, 0.2) is 17.6 Å². The zero-order valence-electron chi connectivity index (χ0n) is 23.3. The number of carboxylic acid groups (broad SMARTS) is 1. The minimum absolute atomic E-state index is 0.173. The van der Waals surface area contributed by atoms with Gasteiger partial charge in [0, 0.05) is 17.2 Å². The summed E-state index contributed by atoms with van der Waals surface area (Å²) in [4.78, 5) is 11.6. The summed E-state index contributed by atoms with van der Waals surface area (Å²) in [7, 11) is 3.02. The van der Waals surface area contributed by atoms with Crippen LogP contribution in [0.5, 0.6) is 28.7 Å². The molecule has 0 aromatic heterocycles. The van der Waals surface area contributed by atoms with Crippen LogP contribution in [0.2, 0.25) is 0 Å². The first-order chi connectivity index (χ1) is 20.7. The normalized spacial score (nSPS) is 28.9. The zero-order valence-corrected chi connectivity index (χ0v) is 23.3. The highest BCUT2D eigenvalue weighted by molar-refractivity contribution is 5.73. The van der Waals surface area contributed by atoms with E-state index in [1.165, 1.54) is 20.3 Å². The molecule has 8 atom stereocenters. The Balaban J connectivity index is 1.38. The third-order valence-electron chi connectivity index (χ3n) is 8.10. The third-order valence-corrected chi connectivity index (χ3v) is 8.10. The van der Waals surface area contributed by atoms with E-state index in [-0.39, 0.29) is 11.5 Å². The van der Waals surface area contributed by atoms with E-state index in [0.717, 1.165) is 5.56 Å². The van der Waals surface area contributed by atoms with Gasteiger partial charge in [-0.15, -0.1) is 0 Å². The molecule has 3 aromatic carbocycles. The van der Waals surface area contributed by atoms with Crippen LogP contribution in [-0.2, 0) is 22.4 Å². The molecule has 6 rings (SSSR count). The van der Waals surface area contributed by atoms with E-state index in [1.807, 2.05) is 36.4 Å². The van der Waals surface area contributed by atoms with Crippen LogP contribution in [0.15, 0.2) is 54.6 Å². The lowest BCUT2D eigenvalue weighted by Gasteiger charge is -2.39. The Bertz CT molecular complexity index is 1490. The Morgan fingerprint density at radius 1 is 0.837 bits per heavy atom. The third kappa shape index (κ3) is 5.11. The number of aryl methyl sites for hydroxylation is 2. The summed E-state index contributed by atoms with van der Waals surface area (Å²) in [5.41, 5.74) is 3.02. The van der Waals surface area contributed by atoms with Crippen molar-refractivity contribution in [3.8, 4) is 28.7 Å². The van der Waals surface area contributed by atoms with Crippen LogP contribution >= 0.6 is 0 Å². The summed E-state index contributed by atoms with van der Waals surface area (Å²) >= 11 is 0. The fourth-order valence-electron chi connectivity index (χ4n) is 5.88. The van der Waals surface area contributed by atoms with Crippen LogP contribution in [0.25, 0.3) is 0 Å². The molecule has 0 spiro atoms. The van der Waals surface area contributed by atoms with Crippen molar-refractivity contribution < 1.29 is 58.7 Å². The summed E-state index contributed by atoms with van der Waals surface area (Å²) in [6.07, 6.45) is -9.80.